The minimum atomic E-state index is 0.191. The Balaban J connectivity index is 2.05. The largest absolute Gasteiger partial charge is 0.497 e. The van der Waals surface area contributed by atoms with Gasteiger partial charge in [0.1, 0.15) is 17.6 Å². The predicted octanol–water partition coefficient (Wildman–Crippen LogP) is 2.44. The second-order valence-corrected chi connectivity index (χ2v) is 5.49. The Morgan fingerprint density at radius 1 is 1.50 bits per heavy atom. The lowest BCUT2D eigenvalue weighted by atomic mass is 9.70. The fraction of sp³-hybridized carbons (Fsp3) is 0.600. The molecule has 0 amide bonds. The minimum Gasteiger partial charge on any atom is -0.497 e. The highest BCUT2D eigenvalue weighted by atomic mass is 16.5. The van der Waals surface area contributed by atoms with Crippen molar-refractivity contribution < 1.29 is 9.47 Å². The Morgan fingerprint density at radius 3 is 3.06 bits per heavy atom. The molecule has 2 aliphatic heterocycles. The van der Waals surface area contributed by atoms with Crippen LogP contribution in [0.5, 0.6) is 11.5 Å². The number of likely N-dealkylation sites (N-methyl/N-ethyl adjacent to an activating group) is 1. The predicted molar refractivity (Wildman–Crippen MR) is 71.5 cm³/mol. The van der Waals surface area contributed by atoms with Gasteiger partial charge >= 0.3 is 0 Å². The van der Waals surface area contributed by atoms with Crippen LogP contribution >= 0.6 is 0 Å². The van der Waals surface area contributed by atoms with Crippen LogP contribution in [0.4, 0.5) is 0 Å². The molecule has 0 aliphatic carbocycles. The van der Waals surface area contributed by atoms with Crippen molar-refractivity contribution in [2.24, 2.45) is 0 Å². The van der Waals surface area contributed by atoms with Gasteiger partial charge in [-0.05, 0) is 44.6 Å². The topological polar surface area (TPSA) is 21.7 Å². The van der Waals surface area contributed by atoms with Gasteiger partial charge in [0.2, 0.25) is 0 Å². The van der Waals surface area contributed by atoms with Crippen molar-refractivity contribution in [3.63, 3.8) is 0 Å². The lowest BCUT2D eigenvalue weighted by Crippen LogP contribution is -2.51. The van der Waals surface area contributed by atoms with Crippen molar-refractivity contribution >= 4 is 0 Å². The van der Waals surface area contributed by atoms with Gasteiger partial charge < -0.3 is 14.4 Å². The monoisotopic (exact) mass is 247 g/mol. The normalized spacial score (nSPS) is 30.5. The highest BCUT2D eigenvalue weighted by Gasteiger charge is 2.50. The molecule has 2 atom stereocenters. The lowest BCUT2D eigenvalue weighted by molar-refractivity contribution is 0.0527. The molecule has 1 fully saturated rings. The van der Waals surface area contributed by atoms with Crippen molar-refractivity contribution in [2.45, 2.75) is 31.3 Å². The summed E-state index contributed by atoms with van der Waals surface area (Å²) in [7, 11) is 3.90. The number of ether oxygens (including phenoxy) is 2. The number of hydrogen-bond acceptors (Lipinski definition) is 3. The SMILES string of the molecule is CC[C@@]12CCN(C)C[C@@H]1Oc1ccc(OC)cc12. The van der Waals surface area contributed by atoms with E-state index >= 15 is 0 Å². The van der Waals surface area contributed by atoms with Crippen LogP contribution in [0.15, 0.2) is 18.2 Å². The van der Waals surface area contributed by atoms with Crippen LogP contribution < -0.4 is 9.47 Å². The number of likely N-dealkylation sites (tertiary alicyclic amines) is 1. The summed E-state index contributed by atoms with van der Waals surface area (Å²) in [5.74, 6) is 1.99. The van der Waals surface area contributed by atoms with E-state index in [9.17, 15) is 0 Å². The standard InChI is InChI=1S/C15H21NO2/c1-4-15-7-8-16(2)10-14(15)18-13-6-5-11(17-3)9-12(13)15/h5-6,9,14H,4,7-8,10H2,1-3H3/t14-,15-/m0/s1. The first-order valence-electron chi connectivity index (χ1n) is 6.73. The lowest BCUT2D eigenvalue weighted by Gasteiger charge is -2.41. The maximum atomic E-state index is 6.18. The van der Waals surface area contributed by atoms with Gasteiger partial charge in [-0.15, -0.1) is 0 Å². The van der Waals surface area contributed by atoms with Crippen LogP contribution in [-0.2, 0) is 5.41 Å². The maximum absolute atomic E-state index is 6.18. The summed E-state index contributed by atoms with van der Waals surface area (Å²) >= 11 is 0. The van der Waals surface area contributed by atoms with E-state index in [4.69, 9.17) is 9.47 Å². The third-order valence-electron chi connectivity index (χ3n) is 4.66. The molecule has 1 aromatic rings. The molecule has 0 spiro atoms. The molecule has 3 rings (SSSR count). The van der Waals surface area contributed by atoms with E-state index < -0.39 is 0 Å². The number of piperidine rings is 1. The first kappa shape index (κ1) is 11.8. The molecule has 2 heterocycles. The molecule has 3 nitrogen and oxygen atoms in total. The minimum absolute atomic E-state index is 0.191. The summed E-state index contributed by atoms with van der Waals surface area (Å²) in [6.45, 7) is 4.44. The van der Waals surface area contributed by atoms with Crippen LogP contribution in [0, 0.1) is 0 Å². The second kappa shape index (κ2) is 4.16. The molecule has 0 bridgehead atoms. The van der Waals surface area contributed by atoms with Crippen molar-refractivity contribution in [3.05, 3.63) is 23.8 Å². The molecule has 18 heavy (non-hydrogen) atoms. The Bertz CT molecular complexity index is 460. The smallest absolute Gasteiger partial charge is 0.124 e. The van der Waals surface area contributed by atoms with E-state index in [2.05, 4.69) is 31.0 Å². The zero-order valence-electron chi connectivity index (χ0n) is 11.4. The van der Waals surface area contributed by atoms with Crippen LogP contribution in [0.3, 0.4) is 0 Å². The number of fused-ring (bicyclic) bond motifs is 3. The molecule has 0 aromatic heterocycles. The van der Waals surface area contributed by atoms with Crippen molar-refractivity contribution in [1.82, 2.24) is 4.90 Å². The summed E-state index contributed by atoms with van der Waals surface area (Å²) < 4.78 is 11.5. The van der Waals surface area contributed by atoms with Crippen molar-refractivity contribution in [3.8, 4) is 11.5 Å². The van der Waals surface area contributed by atoms with E-state index in [1.54, 1.807) is 7.11 Å². The summed E-state index contributed by atoms with van der Waals surface area (Å²) in [4.78, 5) is 2.36. The van der Waals surface area contributed by atoms with Gasteiger partial charge in [-0.25, -0.2) is 0 Å². The van der Waals surface area contributed by atoms with Crippen LogP contribution in [0.2, 0.25) is 0 Å². The van der Waals surface area contributed by atoms with Crippen molar-refractivity contribution in [2.75, 3.05) is 27.2 Å². The fourth-order valence-corrected chi connectivity index (χ4v) is 3.43. The first-order valence-corrected chi connectivity index (χ1v) is 6.73. The summed E-state index contributed by atoms with van der Waals surface area (Å²) in [5.41, 5.74) is 1.54. The molecule has 1 aromatic carbocycles. The Kier molecular flexibility index (Phi) is 2.74. The Labute approximate surface area is 109 Å². The summed E-state index contributed by atoms with van der Waals surface area (Å²) in [6, 6.07) is 6.22. The average molecular weight is 247 g/mol. The van der Waals surface area contributed by atoms with Crippen LogP contribution in [0.1, 0.15) is 25.3 Å². The highest BCUT2D eigenvalue weighted by Crippen LogP contribution is 2.50. The molecule has 3 heteroatoms. The Morgan fingerprint density at radius 2 is 2.33 bits per heavy atom. The van der Waals surface area contributed by atoms with Gasteiger partial charge in [0.15, 0.2) is 0 Å². The van der Waals surface area contributed by atoms with Gasteiger partial charge in [-0.3, -0.25) is 0 Å². The van der Waals surface area contributed by atoms with E-state index in [-0.39, 0.29) is 5.41 Å². The van der Waals surface area contributed by atoms with E-state index in [1.165, 1.54) is 12.0 Å². The Hall–Kier alpha value is -1.22. The summed E-state index contributed by atoms with van der Waals surface area (Å²) in [6.07, 6.45) is 2.60. The quantitative estimate of drug-likeness (QED) is 0.801. The maximum Gasteiger partial charge on any atom is 0.124 e. The van der Waals surface area contributed by atoms with Gasteiger partial charge in [0.05, 0.1) is 7.11 Å². The zero-order valence-corrected chi connectivity index (χ0v) is 11.4. The average Bonchev–Trinajstić information content (AvgIpc) is 2.71. The number of benzene rings is 1. The zero-order chi connectivity index (χ0) is 12.8. The van der Waals surface area contributed by atoms with E-state index in [1.807, 2.05) is 6.07 Å². The molecule has 1 saturated heterocycles. The molecule has 0 N–H and O–H groups in total. The van der Waals surface area contributed by atoms with Gasteiger partial charge in [-0.1, -0.05) is 6.92 Å². The molecule has 0 radical (unpaired) electrons. The molecule has 0 saturated carbocycles. The summed E-state index contributed by atoms with van der Waals surface area (Å²) in [5, 5.41) is 0. The highest BCUT2D eigenvalue weighted by molar-refractivity contribution is 5.49. The molecule has 0 unspecified atom stereocenters. The van der Waals surface area contributed by atoms with E-state index in [0.29, 0.717) is 6.10 Å². The second-order valence-electron chi connectivity index (χ2n) is 5.49. The number of methoxy groups -OCH3 is 1. The number of hydrogen-bond donors (Lipinski definition) is 0. The fourth-order valence-electron chi connectivity index (χ4n) is 3.43. The molecule has 2 aliphatic rings. The third-order valence-corrected chi connectivity index (χ3v) is 4.66. The van der Waals surface area contributed by atoms with Gasteiger partial charge in [0.25, 0.3) is 0 Å². The first-order chi connectivity index (χ1) is 8.69. The van der Waals surface area contributed by atoms with E-state index in [0.717, 1.165) is 31.0 Å². The third kappa shape index (κ3) is 1.53. The molecular weight excluding hydrogens is 226 g/mol. The molecular formula is C15H21NO2. The van der Waals surface area contributed by atoms with Crippen molar-refractivity contribution in [1.29, 1.82) is 0 Å². The number of nitrogens with zero attached hydrogens (tertiary/aromatic N) is 1. The van der Waals surface area contributed by atoms with Gasteiger partial charge in [-0.2, -0.15) is 0 Å². The van der Waals surface area contributed by atoms with Gasteiger partial charge in [0, 0.05) is 17.5 Å². The molecule has 98 valence electrons. The van der Waals surface area contributed by atoms with Crippen LogP contribution in [0.25, 0.3) is 0 Å². The van der Waals surface area contributed by atoms with Crippen LogP contribution in [-0.4, -0.2) is 38.3 Å². The number of rotatable bonds is 2.